The van der Waals surface area contributed by atoms with E-state index in [0.29, 0.717) is 0 Å². The molecule has 0 saturated carbocycles. The molecule has 3 aliphatic rings. The highest BCUT2D eigenvalue weighted by Crippen LogP contribution is 2.58. The second-order valence-electron chi connectivity index (χ2n) is 9.94. The minimum absolute atomic E-state index is 0.0863. The van der Waals surface area contributed by atoms with Crippen molar-refractivity contribution in [2.24, 2.45) is 0 Å². The predicted octanol–water partition coefficient (Wildman–Crippen LogP) is -1.03. The summed E-state index contributed by atoms with van der Waals surface area (Å²) in [6.07, 6.45) is -5.67. The van der Waals surface area contributed by atoms with Crippen LogP contribution in [0.4, 0.5) is 5.82 Å². The van der Waals surface area contributed by atoms with Gasteiger partial charge in [0, 0.05) is 5.56 Å². The number of anilines is 1. The lowest BCUT2D eigenvalue weighted by molar-refractivity contribution is -0.0552. The SMILES string of the molecule is Nc1ncnc2c1ncn2[C@@H]1OC2COP(O)(=S)O[C@@H]3C(COP(=O)(S)O[C@@H]1[C@@H]2O)O[C@@H](c1cnn2c(=O)[nH]cnc12)[C@@H]3O. The number of H-pyrrole nitrogens is 1. The lowest BCUT2D eigenvalue weighted by atomic mass is 10.0. The molecule has 3 fully saturated rings. The van der Waals surface area contributed by atoms with Crippen LogP contribution < -0.4 is 11.4 Å². The van der Waals surface area contributed by atoms with Gasteiger partial charge in [0.25, 0.3) is 0 Å². The first kappa shape index (κ1) is 30.2. The van der Waals surface area contributed by atoms with Gasteiger partial charge in [0.15, 0.2) is 23.3 Å². The summed E-state index contributed by atoms with van der Waals surface area (Å²) in [5, 5.41) is 26.3. The third-order valence-electron chi connectivity index (χ3n) is 7.27. The van der Waals surface area contributed by atoms with E-state index in [4.69, 9.17) is 45.1 Å². The summed E-state index contributed by atoms with van der Waals surface area (Å²) < 4.78 is 50.3. The van der Waals surface area contributed by atoms with Crippen LogP contribution in [0.5, 0.6) is 0 Å². The van der Waals surface area contributed by atoms with Crippen LogP contribution in [0.3, 0.4) is 0 Å². The molecule has 24 heteroatoms. The Bertz CT molecular complexity index is 1890. The molecule has 0 radical (unpaired) electrons. The molecule has 4 aromatic heterocycles. The number of thiol groups is 1. The molecule has 10 atom stereocenters. The number of aliphatic hydroxyl groups excluding tert-OH is 2. The maximum atomic E-state index is 13.5. The van der Waals surface area contributed by atoms with Crippen molar-refractivity contribution in [3.05, 3.63) is 41.2 Å². The number of nitrogen functional groups attached to an aromatic ring is 1. The quantitative estimate of drug-likeness (QED) is 0.108. The summed E-state index contributed by atoms with van der Waals surface area (Å²) >= 11 is 9.30. The second-order valence-corrected chi connectivity index (χ2v) is 15.6. The number of hydrogen-bond donors (Lipinski definition) is 6. The minimum atomic E-state index is -4.32. The van der Waals surface area contributed by atoms with Crippen molar-refractivity contribution < 1.29 is 47.2 Å². The third-order valence-corrected chi connectivity index (χ3v) is 10.4. The van der Waals surface area contributed by atoms with Crippen molar-refractivity contribution in [3.63, 3.8) is 0 Å². The number of nitrogens with two attached hydrogens (primary N) is 1. The number of aromatic amines is 1. The number of ether oxygens (including phenoxy) is 2. The number of imidazole rings is 1. The molecule has 6 N–H and O–H groups in total. The Kier molecular flexibility index (Phi) is 7.64. The van der Waals surface area contributed by atoms with Crippen LogP contribution in [0.2, 0.25) is 0 Å². The van der Waals surface area contributed by atoms with Gasteiger partial charge < -0.3 is 34.8 Å². The molecule has 0 spiro atoms. The molecule has 7 rings (SSSR count). The third kappa shape index (κ3) is 5.28. The van der Waals surface area contributed by atoms with Crippen molar-refractivity contribution in [1.29, 1.82) is 0 Å². The largest absolute Gasteiger partial charge is 0.387 e. The van der Waals surface area contributed by atoms with E-state index in [1.54, 1.807) is 0 Å². The monoisotopic (exact) mass is 691 g/mol. The van der Waals surface area contributed by atoms with Crippen LogP contribution in [-0.2, 0) is 43.9 Å². The van der Waals surface area contributed by atoms with Gasteiger partial charge in [0.2, 0.25) is 0 Å². The first-order valence-corrected chi connectivity index (χ1v) is 18.0. The number of hydrogen-bond acceptors (Lipinski definition) is 17. The summed E-state index contributed by atoms with van der Waals surface area (Å²) in [7, 11) is 0. The van der Waals surface area contributed by atoms with Crippen LogP contribution in [0.15, 0.2) is 30.0 Å². The van der Waals surface area contributed by atoms with Gasteiger partial charge in [-0.2, -0.15) is 9.61 Å². The van der Waals surface area contributed by atoms with Crippen molar-refractivity contribution in [2.75, 3.05) is 18.9 Å². The molecule has 0 amide bonds. The lowest BCUT2D eigenvalue weighted by Gasteiger charge is -2.27. The summed E-state index contributed by atoms with van der Waals surface area (Å²) in [6, 6.07) is 0. The van der Waals surface area contributed by atoms with Crippen LogP contribution in [0.1, 0.15) is 17.9 Å². The summed E-state index contributed by atoms with van der Waals surface area (Å²) in [5.74, 6) is 0.0893. The van der Waals surface area contributed by atoms with Crippen molar-refractivity contribution >= 4 is 60.2 Å². The Morgan fingerprint density at radius 3 is 2.66 bits per heavy atom. The molecule has 0 aliphatic carbocycles. The van der Waals surface area contributed by atoms with Gasteiger partial charge in [-0.25, -0.2) is 29.3 Å². The van der Waals surface area contributed by atoms with Crippen molar-refractivity contribution in [3.8, 4) is 0 Å². The van der Waals surface area contributed by atoms with E-state index < -0.39 is 81.4 Å². The summed E-state index contributed by atoms with van der Waals surface area (Å²) in [5.41, 5.74) is 6.08. The minimum Gasteiger partial charge on any atom is -0.387 e. The fourth-order valence-electron chi connectivity index (χ4n) is 5.26. The molecule has 7 heterocycles. The van der Waals surface area contributed by atoms with E-state index in [0.717, 1.165) is 10.8 Å². The highest BCUT2D eigenvalue weighted by atomic mass is 32.7. The zero-order valence-electron chi connectivity index (χ0n) is 21.9. The summed E-state index contributed by atoms with van der Waals surface area (Å²) in [4.78, 5) is 41.8. The molecular formula is C20H23N9O11P2S2. The molecule has 3 saturated heterocycles. The van der Waals surface area contributed by atoms with E-state index in [-0.39, 0.29) is 28.2 Å². The van der Waals surface area contributed by atoms with Gasteiger partial charge in [-0.3, -0.25) is 23.1 Å². The Morgan fingerprint density at radius 1 is 1.05 bits per heavy atom. The van der Waals surface area contributed by atoms with Gasteiger partial charge in [-0.1, -0.05) is 12.2 Å². The average molecular weight is 692 g/mol. The first-order valence-electron chi connectivity index (χ1n) is 12.8. The van der Waals surface area contributed by atoms with E-state index in [1.165, 1.54) is 23.4 Å². The van der Waals surface area contributed by atoms with Crippen LogP contribution in [0.25, 0.3) is 16.8 Å². The Balaban J connectivity index is 1.20. The van der Waals surface area contributed by atoms with Gasteiger partial charge in [0.05, 0.1) is 32.1 Å². The number of fused-ring (bicyclic) bond motifs is 5. The fourth-order valence-corrected chi connectivity index (χ4v) is 8.16. The second kappa shape index (κ2) is 11.1. The van der Waals surface area contributed by atoms with Gasteiger partial charge >= 0.3 is 19.2 Å². The molecule has 2 bridgehead atoms. The predicted molar refractivity (Wildman–Crippen MR) is 152 cm³/mol. The molecule has 4 aromatic rings. The zero-order valence-corrected chi connectivity index (χ0v) is 25.4. The fraction of sp³-hybridized carbons (Fsp3) is 0.500. The maximum Gasteiger partial charge on any atom is 0.386 e. The molecule has 0 aromatic carbocycles. The molecule has 44 heavy (non-hydrogen) atoms. The number of aliphatic hydroxyl groups is 2. The number of nitrogens with zero attached hydrogens (tertiary/aromatic N) is 7. The van der Waals surface area contributed by atoms with Crippen LogP contribution >= 0.6 is 25.8 Å². The van der Waals surface area contributed by atoms with Gasteiger partial charge in [0.1, 0.15) is 54.6 Å². The molecule has 236 valence electrons. The van der Waals surface area contributed by atoms with Crippen LogP contribution in [0, 0.1) is 0 Å². The van der Waals surface area contributed by atoms with E-state index in [1.807, 2.05) is 0 Å². The number of aromatic nitrogens is 8. The Hall–Kier alpha value is -2.43. The lowest BCUT2D eigenvalue weighted by Crippen LogP contribution is -2.35. The Labute approximate surface area is 255 Å². The highest BCUT2D eigenvalue weighted by molar-refractivity contribution is 8.44. The van der Waals surface area contributed by atoms with Crippen molar-refractivity contribution in [1.82, 2.24) is 39.1 Å². The Morgan fingerprint density at radius 2 is 1.84 bits per heavy atom. The van der Waals surface area contributed by atoms with Gasteiger partial charge in [-0.15, -0.1) is 0 Å². The van der Waals surface area contributed by atoms with Crippen LogP contribution in [-0.4, -0.2) is 104 Å². The van der Waals surface area contributed by atoms with Crippen molar-refractivity contribution in [2.45, 2.75) is 49.0 Å². The van der Waals surface area contributed by atoms with E-state index in [9.17, 15) is 24.5 Å². The van der Waals surface area contributed by atoms with Gasteiger partial charge in [-0.05, 0) is 11.8 Å². The number of nitrogens with one attached hydrogen (secondary N) is 1. The molecule has 4 unspecified atom stereocenters. The molecule has 20 nitrogen and oxygen atoms in total. The molecule has 3 aliphatic heterocycles. The van der Waals surface area contributed by atoms with E-state index in [2.05, 4.69) is 42.3 Å². The standard InChI is InChI=1S/C20H23N9O11P2S2/c21-16-10-18(24-4-22-16)28(6-26-10)19-15-11(30)8(38-19)2-35-41(33,43)39-14-9(3-36-42(34,44)40-15)37-13(12(14)31)7-1-27-29-17(7)23-5-25-20(29)32/h1,4-6,8-9,11-15,19,30-31H,2-3H2,(H,33,43)(H,34,44)(H2,21,22,24)(H,23,25,32)/t8?,9?,11-,12+,13+,14-,15-,19-,41?,42?/m1/s1. The summed E-state index contributed by atoms with van der Waals surface area (Å²) in [6.45, 7) is -9.55. The van der Waals surface area contributed by atoms with E-state index >= 15 is 0 Å². The average Bonchev–Trinajstić information content (AvgIpc) is 3.73. The highest BCUT2D eigenvalue weighted by Gasteiger charge is 2.53. The topological polar surface area (TPSA) is 266 Å². The maximum absolute atomic E-state index is 13.5. The first-order chi connectivity index (χ1) is 20.9. The normalized spacial score (nSPS) is 38.3. The zero-order chi connectivity index (χ0) is 31.0. The molecular weight excluding hydrogens is 668 g/mol. The smallest absolute Gasteiger partial charge is 0.386 e. The number of rotatable bonds is 2.